The van der Waals surface area contributed by atoms with E-state index in [-0.39, 0.29) is 63.5 Å². The highest BCUT2D eigenvalue weighted by molar-refractivity contribution is 7.90. The maximum atomic E-state index is 14.3. The van der Waals surface area contributed by atoms with Crippen molar-refractivity contribution < 1.29 is 45.5 Å². The number of carbonyl (C=O) groups excluding carboxylic acids is 1. The topological polar surface area (TPSA) is 181 Å². The Kier molecular flexibility index (Phi) is 13.1. The number of hydrogen-bond acceptors (Lipinski definition) is 12. The molecule has 0 radical (unpaired) electrons. The van der Waals surface area contributed by atoms with E-state index in [1.54, 1.807) is 24.4 Å². The Morgan fingerprint density at radius 1 is 0.986 bits per heavy atom. The van der Waals surface area contributed by atoms with Crippen molar-refractivity contribution in [3.63, 3.8) is 0 Å². The summed E-state index contributed by atoms with van der Waals surface area (Å²) in [4.78, 5) is 37.5. The highest BCUT2D eigenvalue weighted by Gasteiger charge is 2.50. The number of benzene rings is 3. The van der Waals surface area contributed by atoms with E-state index in [0.29, 0.717) is 42.2 Å². The van der Waals surface area contributed by atoms with Crippen LogP contribution in [0.1, 0.15) is 125 Å². The molecule has 2 saturated heterocycles. The highest BCUT2D eigenvalue weighted by atomic mass is 32.2. The molecular formula is C53H62F3N7O8S. The zero-order chi connectivity index (χ0) is 50.7. The van der Waals surface area contributed by atoms with Crippen LogP contribution in [-0.4, -0.2) is 85.2 Å². The quantitative estimate of drug-likeness (QED) is 0.0751. The molecule has 0 unspecified atom stereocenters. The number of likely N-dealkylation sites (tertiary alicyclic amines) is 1. The Balaban J connectivity index is 0.897. The van der Waals surface area contributed by atoms with Gasteiger partial charge in [0, 0.05) is 60.6 Å². The molecule has 2 atom stereocenters. The van der Waals surface area contributed by atoms with Crippen LogP contribution >= 0.6 is 0 Å². The molecular weight excluding hydrogens is 952 g/mol. The Morgan fingerprint density at radius 3 is 2.46 bits per heavy atom. The van der Waals surface area contributed by atoms with Crippen molar-refractivity contribution in [3.8, 4) is 23.1 Å². The van der Waals surface area contributed by atoms with Crippen LogP contribution in [-0.2, 0) is 10.0 Å². The minimum atomic E-state index is -4.81. The summed E-state index contributed by atoms with van der Waals surface area (Å²) in [5.74, 6) is -1.48. The summed E-state index contributed by atoms with van der Waals surface area (Å²) < 4.78 is 88.2. The van der Waals surface area contributed by atoms with Crippen LogP contribution in [0.2, 0.25) is 0 Å². The van der Waals surface area contributed by atoms with Crippen molar-refractivity contribution in [2.45, 2.75) is 127 Å². The second-order valence-electron chi connectivity index (χ2n) is 21.7. The number of pyridine rings is 1. The van der Waals surface area contributed by atoms with E-state index in [0.717, 1.165) is 76.5 Å². The number of ether oxygens (including phenoxy) is 3. The fourth-order valence-electron chi connectivity index (χ4n) is 11.9. The van der Waals surface area contributed by atoms with Gasteiger partial charge in [0.25, 0.3) is 27.5 Å². The first-order valence-corrected chi connectivity index (χ1v) is 26.6. The fraction of sp³-hybridized carbons (Fsp3) is 0.509. The molecule has 5 heterocycles. The van der Waals surface area contributed by atoms with E-state index in [4.69, 9.17) is 14.2 Å². The van der Waals surface area contributed by atoms with Crippen LogP contribution in [0.3, 0.4) is 0 Å². The first-order valence-electron chi connectivity index (χ1n) is 25.1. The van der Waals surface area contributed by atoms with Crippen LogP contribution in [0.25, 0.3) is 11.0 Å². The Bertz CT molecular complexity index is 2970. The first kappa shape index (κ1) is 49.5. The summed E-state index contributed by atoms with van der Waals surface area (Å²) in [5.41, 5.74) is 3.39. The number of sulfonamides is 1. The number of aromatic amines is 1. The fourth-order valence-corrected chi connectivity index (χ4v) is 12.9. The number of aromatic nitrogens is 2. The monoisotopic (exact) mass is 1010 g/mol. The summed E-state index contributed by atoms with van der Waals surface area (Å²) in [6.07, 6.45) is 7.04. The number of anilines is 2. The summed E-state index contributed by atoms with van der Waals surface area (Å²) in [6.45, 7) is 9.90. The molecule has 1 amide bonds. The first-order chi connectivity index (χ1) is 34.2. The largest absolute Gasteiger partial charge is 0.489 e. The molecule has 15 nitrogen and oxygen atoms in total. The Morgan fingerprint density at radius 2 is 1.74 bits per heavy atom. The number of H-pyrrole nitrogens is 1. The van der Waals surface area contributed by atoms with Crippen molar-refractivity contribution in [3.05, 3.63) is 99.7 Å². The van der Waals surface area contributed by atoms with Crippen molar-refractivity contribution in [1.29, 1.82) is 0 Å². The second-order valence-corrected chi connectivity index (χ2v) is 23.4. The number of nitrogens with zero attached hydrogens (tertiary/aromatic N) is 4. The molecule has 5 aliphatic rings. The van der Waals surface area contributed by atoms with Crippen molar-refractivity contribution in [2.75, 3.05) is 43.1 Å². The van der Waals surface area contributed by atoms with Crippen molar-refractivity contribution in [2.24, 2.45) is 16.7 Å². The molecule has 0 bridgehead atoms. The molecule has 72 heavy (non-hydrogen) atoms. The van der Waals surface area contributed by atoms with Gasteiger partial charge in [0.05, 0.1) is 21.4 Å². The van der Waals surface area contributed by atoms with Crippen LogP contribution in [0.15, 0.2) is 77.8 Å². The lowest BCUT2D eigenvalue weighted by Gasteiger charge is -2.56. The van der Waals surface area contributed by atoms with Gasteiger partial charge < -0.3 is 29.4 Å². The number of alkyl halides is 3. The number of nitrogens with one attached hydrogen (secondary N) is 3. The highest BCUT2D eigenvalue weighted by Crippen LogP contribution is 2.55. The van der Waals surface area contributed by atoms with Gasteiger partial charge >= 0.3 is 6.18 Å². The van der Waals surface area contributed by atoms with Crippen molar-refractivity contribution >= 4 is 44.0 Å². The van der Waals surface area contributed by atoms with Crippen LogP contribution < -0.4 is 29.1 Å². The van der Waals surface area contributed by atoms with Gasteiger partial charge in [0.15, 0.2) is 23.8 Å². The third-order valence-electron chi connectivity index (χ3n) is 16.0. The summed E-state index contributed by atoms with van der Waals surface area (Å²) in [6, 6.07) is 19.3. The van der Waals surface area contributed by atoms with Crippen LogP contribution in [0.5, 0.6) is 23.1 Å². The lowest BCUT2D eigenvalue weighted by Crippen LogP contribution is -2.54. The number of halogens is 3. The predicted molar refractivity (Wildman–Crippen MR) is 267 cm³/mol. The number of piperidine rings is 1. The Hall–Kier alpha value is -6.08. The molecule has 3 aromatic carbocycles. The van der Waals surface area contributed by atoms with E-state index in [9.17, 15) is 36.5 Å². The average Bonchev–Trinajstić information content (AvgIpc) is 4.01. The second kappa shape index (κ2) is 19.1. The molecule has 10 rings (SSSR count). The van der Waals surface area contributed by atoms with Crippen molar-refractivity contribution in [1.82, 2.24) is 19.6 Å². The molecule has 2 aliphatic carbocycles. The van der Waals surface area contributed by atoms with Gasteiger partial charge in [-0.1, -0.05) is 52.0 Å². The summed E-state index contributed by atoms with van der Waals surface area (Å²) in [7, 11) is -4.81. The maximum Gasteiger partial charge on any atom is 0.422 e. The van der Waals surface area contributed by atoms with Crippen LogP contribution in [0.4, 0.5) is 30.2 Å². The Labute approximate surface area is 417 Å². The number of hydrogen-bond donors (Lipinski definition) is 3. The number of fused-ring (bicyclic) bond motifs is 2. The van der Waals surface area contributed by atoms with Gasteiger partial charge in [-0.2, -0.15) is 18.2 Å². The number of amides is 1. The van der Waals surface area contributed by atoms with E-state index >= 15 is 0 Å². The lowest BCUT2D eigenvalue weighted by atomic mass is 9.59. The molecule has 3 aliphatic heterocycles. The SMILES string of the molecule is CC(C)c1ccccc1[C@@H]1CCCN1C1CC2(CCN(c3ccc(C(=O)NS(=O)(=O)c4cc5c(c([N+](=O)[O-])c4)N[C@@H](C4CCC(C)(C)CC4)CO5)c(Oc4cc5cc[nH]c5nc4OCC(F)(F)F)c3)CC2)C1. The van der Waals surface area contributed by atoms with Gasteiger partial charge in [-0.3, -0.25) is 19.8 Å². The third-order valence-corrected chi connectivity index (χ3v) is 17.3. The van der Waals surface area contributed by atoms with E-state index < -0.39 is 50.1 Å². The number of rotatable bonds is 13. The summed E-state index contributed by atoms with van der Waals surface area (Å²) >= 11 is 0. The number of nitro benzene ring substituents is 1. The number of carbonyl (C=O) groups is 1. The molecule has 3 N–H and O–H groups in total. The lowest BCUT2D eigenvalue weighted by molar-refractivity contribution is -0.384. The van der Waals surface area contributed by atoms with Gasteiger partial charge in [0.2, 0.25) is 0 Å². The van der Waals surface area contributed by atoms with Crippen LogP contribution in [0, 0.1) is 26.9 Å². The normalized spacial score (nSPS) is 21.5. The van der Waals surface area contributed by atoms with Gasteiger partial charge in [-0.25, -0.2) is 13.1 Å². The van der Waals surface area contributed by atoms with E-state index in [1.807, 2.05) is 0 Å². The third kappa shape index (κ3) is 10.1. The molecule has 384 valence electrons. The van der Waals surface area contributed by atoms with Gasteiger partial charge in [0.1, 0.15) is 18.0 Å². The smallest absolute Gasteiger partial charge is 0.422 e. The molecule has 2 aromatic heterocycles. The maximum absolute atomic E-state index is 14.3. The summed E-state index contributed by atoms with van der Waals surface area (Å²) in [5, 5.41) is 16.2. The zero-order valence-corrected chi connectivity index (χ0v) is 41.8. The minimum Gasteiger partial charge on any atom is -0.489 e. The minimum absolute atomic E-state index is 0.0368. The number of nitro groups is 1. The zero-order valence-electron chi connectivity index (χ0n) is 41.0. The standard InChI is InChI=1S/C53H62F3N7O8S/c1-32(2)38-8-5-6-9-39(38)42-10-7-21-62(42)36-28-52(29-36)18-22-61(23-19-52)35-11-12-40(44(25-35)71-46-24-34-15-20-57-48(34)59-50(46)70-31-53(54,55)56)49(64)60-72(67,68)37-26-43(63(65)66)47-45(27-37)69-30-41(58-47)33-13-16-51(3,4)17-14-33/h5-6,8-9,11-12,15,20,24-27,32-33,36,41-42,58H,7,10,13-14,16-19,21-23,28-31H2,1-4H3,(H,57,59)(H,60,64)/t41-,42+/m1/s1. The predicted octanol–water partition coefficient (Wildman–Crippen LogP) is 11.4. The van der Waals surface area contributed by atoms with Gasteiger partial charge in [-0.15, -0.1) is 0 Å². The molecule has 5 aromatic rings. The van der Waals surface area contributed by atoms with E-state index in [1.165, 1.54) is 29.7 Å². The molecule has 1 spiro atoms. The van der Waals surface area contributed by atoms with Gasteiger partial charge in [-0.05, 0) is 129 Å². The van der Waals surface area contributed by atoms with E-state index in [2.05, 4.69) is 81.8 Å². The molecule has 4 fully saturated rings. The molecule has 19 heteroatoms. The molecule has 2 saturated carbocycles. The average molecular weight is 1010 g/mol.